The van der Waals surface area contributed by atoms with Crippen molar-refractivity contribution in [3.63, 3.8) is 0 Å². The summed E-state index contributed by atoms with van der Waals surface area (Å²) >= 11 is 0. The van der Waals surface area contributed by atoms with Crippen LogP contribution in [-0.2, 0) is 0 Å². The minimum Gasteiger partial charge on any atom is -0.303 e. The quantitative estimate of drug-likeness (QED) is 0.0830. The van der Waals surface area contributed by atoms with Crippen LogP contribution in [0.3, 0.4) is 0 Å². The topological polar surface area (TPSA) is 3.24 Å². The Kier molecular flexibility index (Phi) is 28.3. The Morgan fingerprint density at radius 3 is 1.16 bits per heavy atom. The van der Waals surface area contributed by atoms with Crippen molar-refractivity contribution >= 4 is 0 Å². The summed E-state index contributed by atoms with van der Waals surface area (Å²) in [6, 6.07) is 0. The Hall–Kier alpha value is -0.0400. The molecule has 1 rings (SSSR count). The molecule has 38 heavy (non-hydrogen) atoms. The van der Waals surface area contributed by atoms with Crippen molar-refractivity contribution in [3.8, 4) is 0 Å². The van der Waals surface area contributed by atoms with Crippen molar-refractivity contribution < 1.29 is 0 Å². The average molecular weight is 534 g/mol. The lowest BCUT2D eigenvalue weighted by molar-refractivity contribution is 0.163. The molecular formula is C37H75N. The fourth-order valence-corrected chi connectivity index (χ4v) is 6.75. The molecular weight excluding hydrogens is 458 g/mol. The van der Waals surface area contributed by atoms with Crippen LogP contribution in [0.5, 0.6) is 0 Å². The highest BCUT2D eigenvalue weighted by atomic mass is 15.1. The highest BCUT2D eigenvalue weighted by Crippen LogP contribution is 2.23. The Labute approximate surface area is 243 Å². The van der Waals surface area contributed by atoms with Crippen LogP contribution < -0.4 is 0 Å². The maximum atomic E-state index is 2.82. The molecule has 1 nitrogen and oxygen atoms in total. The van der Waals surface area contributed by atoms with Gasteiger partial charge in [0.2, 0.25) is 0 Å². The molecule has 1 unspecified atom stereocenters. The van der Waals surface area contributed by atoms with E-state index in [0.29, 0.717) is 0 Å². The molecule has 0 amide bonds. The highest BCUT2D eigenvalue weighted by Gasteiger charge is 2.18. The van der Waals surface area contributed by atoms with E-state index in [1.165, 1.54) is 219 Å². The molecule has 1 aliphatic rings. The van der Waals surface area contributed by atoms with E-state index < -0.39 is 0 Å². The van der Waals surface area contributed by atoms with E-state index >= 15 is 0 Å². The number of hydrogen-bond acceptors (Lipinski definition) is 1. The molecule has 0 aliphatic carbocycles. The predicted molar refractivity (Wildman–Crippen MR) is 174 cm³/mol. The molecule has 0 radical (unpaired) electrons. The first-order valence-electron chi connectivity index (χ1n) is 18.6. The van der Waals surface area contributed by atoms with Crippen LogP contribution in [0.4, 0.5) is 0 Å². The molecule has 1 fully saturated rings. The second kappa shape index (κ2) is 29.9. The van der Waals surface area contributed by atoms with E-state index in [-0.39, 0.29) is 0 Å². The van der Waals surface area contributed by atoms with E-state index in [2.05, 4.69) is 18.7 Å². The van der Waals surface area contributed by atoms with Gasteiger partial charge in [-0.3, -0.25) is 0 Å². The Morgan fingerprint density at radius 2 is 0.763 bits per heavy atom. The fraction of sp³-hybridized carbons (Fsp3) is 1.00. The Balaban J connectivity index is 1.80. The van der Waals surface area contributed by atoms with Crippen molar-refractivity contribution in [2.24, 2.45) is 5.92 Å². The van der Waals surface area contributed by atoms with Crippen LogP contribution in [0.25, 0.3) is 0 Å². The summed E-state index contributed by atoms with van der Waals surface area (Å²) in [7, 11) is 0. The number of rotatable bonds is 30. The van der Waals surface area contributed by atoms with E-state index in [0.717, 1.165) is 5.92 Å². The number of likely N-dealkylation sites (tertiary alicyclic amines) is 1. The van der Waals surface area contributed by atoms with Gasteiger partial charge < -0.3 is 4.90 Å². The first kappa shape index (κ1) is 36.0. The zero-order chi connectivity index (χ0) is 27.2. The standard InChI is InChI=1S/C37H75N/c1-3-5-7-9-11-13-15-17-19-21-23-25-27-29-32-37-33-31-35-38(36-37)34-30-28-26-24-22-20-18-16-14-12-10-8-6-4-2/h37H,3-36H2,1-2H3. The second-order valence-electron chi connectivity index (χ2n) is 13.3. The Bertz CT molecular complexity index is 394. The van der Waals surface area contributed by atoms with Gasteiger partial charge in [0, 0.05) is 6.54 Å². The van der Waals surface area contributed by atoms with Crippen LogP contribution >= 0.6 is 0 Å². The summed E-state index contributed by atoms with van der Waals surface area (Å²) < 4.78 is 0. The summed E-state index contributed by atoms with van der Waals surface area (Å²) in [5.74, 6) is 1.01. The van der Waals surface area contributed by atoms with Gasteiger partial charge in [0.1, 0.15) is 0 Å². The molecule has 1 saturated heterocycles. The van der Waals surface area contributed by atoms with Gasteiger partial charge >= 0.3 is 0 Å². The van der Waals surface area contributed by atoms with Gasteiger partial charge in [0.25, 0.3) is 0 Å². The van der Waals surface area contributed by atoms with Gasteiger partial charge in [-0.2, -0.15) is 0 Å². The number of hydrogen-bond donors (Lipinski definition) is 0. The molecule has 0 aromatic rings. The first-order valence-corrected chi connectivity index (χ1v) is 18.6. The maximum Gasteiger partial charge on any atom is 0.000966 e. The van der Waals surface area contributed by atoms with Crippen molar-refractivity contribution in [2.75, 3.05) is 19.6 Å². The molecule has 0 N–H and O–H groups in total. The summed E-state index contributed by atoms with van der Waals surface area (Å²) in [5.41, 5.74) is 0. The summed E-state index contributed by atoms with van der Waals surface area (Å²) in [6.07, 6.45) is 45.7. The summed E-state index contributed by atoms with van der Waals surface area (Å²) in [4.78, 5) is 2.82. The lowest BCUT2D eigenvalue weighted by atomic mass is 9.92. The monoisotopic (exact) mass is 534 g/mol. The zero-order valence-electron chi connectivity index (χ0n) is 27.1. The van der Waals surface area contributed by atoms with Gasteiger partial charge in [-0.1, -0.05) is 187 Å². The van der Waals surface area contributed by atoms with E-state index in [1.807, 2.05) is 0 Å². The average Bonchev–Trinajstić information content (AvgIpc) is 2.93. The lowest BCUT2D eigenvalue weighted by Gasteiger charge is -2.32. The van der Waals surface area contributed by atoms with Gasteiger partial charge in [-0.05, 0) is 44.7 Å². The maximum absolute atomic E-state index is 2.82. The third-order valence-electron chi connectivity index (χ3n) is 9.40. The van der Waals surface area contributed by atoms with E-state index in [9.17, 15) is 0 Å². The van der Waals surface area contributed by atoms with E-state index in [1.54, 1.807) is 0 Å². The molecule has 0 aromatic heterocycles. The van der Waals surface area contributed by atoms with Crippen LogP contribution in [0.15, 0.2) is 0 Å². The summed E-state index contributed by atoms with van der Waals surface area (Å²) in [5, 5.41) is 0. The number of unbranched alkanes of at least 4 members (excludes halogenated alkanes) is 26. The predicted octanol–water partition coefficient (Wildman–Crippen LogP) is 13.1. The first-order chi connectivity index (χ1) is 18.9. The SMILES string of the molecule is CCCCCCCCCCCCCCCCC1CCCN(CCCCCCCCCCCCCCCC)C1. The molecule has 228 valence electrons. The van der Waals surface area contributed by atoms with Crippen molar-refractivity contribution in [3.05, 3.63) is 0 Å². The third-order valence-corrected chi connectivity index (χ3v) is 9.40. The lowest BCUT2D eigenvalue weighted by Crippen LogP contribution is -2.36. The number of piperidine rings is 1. The molecule has 1 heterocycles. The fourth-order valence-electron chi connectivity index (χ4n) is 6.75. The van der Waals surface area contributed by atoms with Crippen LogP contribution in [0.1, 0.15) is 213 Å². The molecule has 1 aliphatic heterocycles. The van der Waals surface area contributed by atoms with Crippen molar-refractivity contribution in [1.82, 2.24) is 4.90 Å². The molecule has 0 saturated carbocycles. The largest absolute Gasteiger partial charge is 0.303 e. The molecule has 0 aromatic carbocycles. The zero-order valence-corrected chi connectivity index (χ0v) is 27.1. The Morgan fingerprint density at radius 1 is 0.421 bits per heavy atom. The van der Waals surface area contributed by atoms with Crippen molar-refractivity contribution in [2.45, 2.75) is 213 Å². The van der Waals surface area contributed by atoms with E-state index in [4.69, 9.17) is 0 Å². The van der Waals surface area contributed by atoms with Crippen molar-refractivity contribution in [1.29, 1.82) is 0 Å². The molecule has 0 spiro atoms. The van der Waals surface area contributed by atoms with Gasteiger partial charge in [0.15, 0.2) is 0 Å². The van der Waals surface area contributed by atoms with Crippen LogP contribution in [0.2, 0.25) is 0 Å². The van der Waals surface area contributed by atoms with Gasteiger partial charge in [-0.25, -0.2) is 0 Å². The smallest absolute Gasteiger partial charge is 0.000966 e. The van der Waals surface area contributed by atoms with Gasteiger partial charge in [0.05, 0.1) is 0 Å². The molecule has 0 bridgehead atoms. The molecule has 1 heteroatoms. The minimum atomic E-state index is 1.01. The molecule has 1 atom stereocenters. The van der Waals surface area contributed by atoms with Crippen LogP contribution in [-0.4, -0.2) is 24.5 Å². The second-order valence-corrected chi connectivity index (χ2v) is 13.3. The normalized spacial score (nSPS) is 16.4. The number of nitrogens with zero attached hydrogens (tertiary/aromatic N) is 1. The van der Waals surface area contributed by atoms with Gasteiger partial charge in [-0.15, -0.1) is 0 Å². The minimum absolute atomic E-state index is 1.01. The third kappa shape index (κ3) is 25.0. The summed E-state index contributed by atoms with van der Waals surface area (Å²) in [6.45, 7) is 8.80. The highest BCUT2D eigenvalue weighted by molar-refractivity contribution is 4.73. The van der Waals surface area contributed by atoms with Crippen LogP contribution in [0, 0.1) is 5.92 Å².